The molecule has 1 atom stereocenters. The van der Waals surface area contributed by atoms with Crippen molar-refractivity contribution in [3.63, 3.8) is 0 Å². The predicted molar refractivity (Wildman–Crippen MR) is 109 cm³/mol. The van der Waals surface area contributed by atoms with Gasteiger partial charge in [0, 0.05) is 17.8 Å². The number of fused-ring (bicyclic) bond motifs is 2. The number of nitrogens with one attached hydrogen (secondary N) is 1. The molecule has 0 unspecified atom stereocenters. The van der Waals surface area contributed by atoms with Crippen molar-refractivity contribution in [1.82, 2.24) is 14.1 Å². The van der Waals surface area contributed by atoms with E-state index in [0.717, 1.165) is 5.56 Å². The molecule has 0 fully saturated rings. The number of nitrogens with zero attached hydrogens (tertiary/aromatic N) is 3. The number of hydrogen-bond donors (Lipinski definition) is 1. The molecule has 0 aliphatic carbocycles. The Hall–Kier alpha value is -3.53. The molecule has 1 aromatic carbocycles. The average Bonchev–Trinajstić information content (AvgIpc) is 2.97. The van der Waals surface area contributed by atoms with Gasteiger partial charge in [-0.1, -0.05) is 18.2 Å². The molecular weight excluding hydrogens is 408 g/mol. The fraction of sp³-hybridized carbons (Fsp3) is 0.200. The molecule has 3 heterocycles. The van der Waals surface area contributed by atoms with E-state index in [2.05, 4.69) is 14.7 Å². The Labute approximate surface area is 172 Å². The fourth-order valence-electron chi connectivity index (χ4n) is 3.12. The van der Waals surface area contributed by atoms with E-state index in [4.69, 9.17) is 4.74 Å². The van der Waals surface area contributed by atoms with Gasteiger partial charge < -0.3 is 4.74 Å². The number of ether oxygens (including phenoxy) is 1. The molecule has 1 aliphatic rings. The van der Waals surface area contributed by atoms with Gasteiger partial charge in [0.25, 0.3) is 15.6 Å². The van der Waals surface area contributed by atoms with Gasteiger partial charge in [-0.05, 0) is 37.6 Å². The van der Waals surface area contributed by atoms with E-state index < -0.39 is 22.0 Å². The molecule has 0 bridgehead atoms. The molecule has 4 rings (SSSR count). The molecule has 0 saturated carbocycles. The van der Waals surface area contributed by atoms with Gasteiger partial charge in [-0.2, -0.15) is 0 Å². The Kier molecular flexibility index (Phi) is 4.86. The Balaban J connectivity index is 1.52. The van der Waals surface area contributed by atoms with Gasteiger partial charge in [0.2, 0.25) is 0 Å². The molecule has 0 radical (unpaired) electrons. The maximum Gasteiger partial charge on any atom is 0.331 e. The van der Waals surface area contributed by atoms with Crippen LogP contribution in [0, 0.1) is 6.92 Å². The van der Waals surface area contributed by atoms with Crippen molar-refractivity contribution in [1.29, 1.82) is 0 Å². The molecule has 0 amide bonds. The molecule has 10 heteroatoms. The molecule has 3 aromatic rings. The molecule has 2 aromatic heterocycles. The standard InChI is InChI=1S/C20H18N4O5S/c1-12-6-5-9-24-17(25)10-14(22-19(12)24)11-29-20(26)13(2)21-18-15-7-3-4-8-16(15)30(27,28)23-18/h3-10,13H,11H2,1-2H3,(H,21,23)/t13-/m0/s1. The lowest BCUT2D eigenvalue weighted by atomic mass is 10.2. The number of sulfonamides is 1. The van der Waals surface area contributed by atoms with Crippen LogP contribution in [0.5, 0.6) is 0 Å². The Morgan fingerprint density at radius 3 is 2.83 bits per heavy atom. The number of pyridine rings is 1. The van der Waals surface area contributed by atoms with Crippen molar-refractivity contribution in [3.05, 3.63) is 75.8 Å². The summed E-state index contributed by atoms with van der Waals surface area (Å²) in [5.74, 6) is -0.578. The zero-order valence-corrected chi connectivity index (χ0v) is 17.0. The molecule has 9 nitrogen and oxygen atoms in total. The van der Waals surface area contributed by atoms with E-state index in [9.17, 15) is 18.0 Å². The van der Waals surface area contributed by atoms with Crippen LogP contribution in [0.1, 0.15) is 23.7 Å². The molecule has 1 aliphatic heterocycles. The lowest BCUT2D eigenvalue weighted by Crippen LogP contribution is -2.27. The van der Waals surface area contributed by atoms with E-state index in [1.165, 1.54) is 23.5 Å². The maximum atomic E-state index is 12.4. The summed E-state index contributed by atoms with van der Waals surface area (Å²) in [6.45, 7) is 3.13. The smallest absolute Gasteiger partial charge is 0.331 e. The Morgan fingerprint density at radius 1 is 1.27 bits per heavy atom. The molecule has 154 valence electrons. The normalized spacial score (nSPS) is 16.8. The number of esters is 1. The van der Waals surface area contributed by atoms with Crippen LogP contribution in [-0.4, -0.2) is 35.6 Å². The van der Waals surface area contributed by atoms with Crippen LogP contribution in [-0.2, 0) is 26.2 Å². The number of hydrogen-bond acceptors (Lipinski definition) is 7. The number of aromatic nitrogens is 2. The first kappa shape index (κ1) is 19.8. The second-order valence-electron chi connectivity index (χ2n) is 6.83. The third-order valence-corrected chi connectivity index (χ3v) is 6.03. The first-order valence-electron chi connectivity index (χ1n) is 9.11. The lowest BCUT2D eigenvalue weighted by molar-refractivity contribution is -0.146. The summed E-state index contributed by atoms with van der Waals surface area (Å²) >= 11 is 0. The van der Waals surface area contributed by atoms with Crippen LogP contribution in [0.3, 0.4) is 0 Å². The molecular formula is C20H18N4O5S. The number of rotatable bonds is 4. The fourth-order valence-corrected chi connectivity index (χ4v) is 4.36. The molecule has 30 heavy (non-hydrogen) atoms. The third-order valence-electron chi connectivity index (χ3n) is 4.63. The predicted octanol–water partition coefficient (Wildman–Crippen LogP) is 1.17. The van der Waals surface area contributed by atoms with E-state index >= 15 is 0 Å². The first-order chi connectivity index (χ1) is 14.3. The Bertz CT molecular complexity index is 1360. The lowest BCUT2D eigenvalue weighted by Gasteiger charge is -2.10. The molecule has 1 N–H and O–H groups in total. The van der Waals surface area contributed by atoms with E-state index in [0.29, 0.717) is 16.9 Å². The molecule has 0 saturated heterocycles. The minimum Gasteiger partial charge on any atom is -0.458 e. The first-order valence-corrected chi connectivity index (χ1v) is 10.6. The summed E-state index contributed by atoms with van der Waals surface area (Å²) < 4.78 is 33.3. The summed E-state index contributed by atoms with van der Waals surface area (Å²) in [6.07, 6.45) is 1.62. The van der Waals surface area contributed by atoms with Crippen LogP contribution in [0.4, 0.5) is 0 Å². The van der Waals surface area contributed by atoms with Crippen molar-refractivity contribution in [2.24, 2.45) is 4.99 Å². The van der Waals surface area contributed by atoms with Crippen LogP contribution in [0.25, 0.3) is 5.65 Å². The van der Waals surface area contributed by atoms with E-state index in [1.807, 2.05) is 13.0 Å². The Morgan fingerprint density at radius 2 is 2.03 bits per heavy atom. The van der Waals surface area contributed by atoms with Gasteiger partial charge in [-0.3, -0.25) is 18.9 Å². The second-order valence-corrected chi connectivity index (χ2v) is 8.48. The SMILES string of the molecule is Cc1cccn2c(=O)cc(COC(=O)[C@H](C)N=C3NS(=O)(=O)c4ccccc43)nc12. The second kappa shape index (κ2) is 7.38. The van der Waals surface area contributed by atoms with Crippen molar-refractivity contribution in [2.45, 2.75) is 31.4 Å². The van der Waals surface area contributed by atoms with Gasteiger partial charge in [0.05, 0.1) is 10.6 Å². The van der Waals surface area contributed by atoms with Gasteiger partial charge in [0.1, 0.15) is 24.1 Å². The monoisotopic (exact) mass is 426 g/mol. The van der Waals surface area contributed by atoms with E-state index in [1.54, 1.807) is 30.5 Å². The highest BCUT2D eigenvalue weighted by Crippen LogP contribution is 2.22. The highest BCUT2D eigenvalue weighted by Gasteiger charge is 2.31. The van der Waals surface area contributed by atoms with Crippen LogP contribution in [0.2, 0.25) is 0 Å². The maximum absolute atomic E-state index is 12.4. The largest absolute Gasteiger partial charge is 0.458 e. The zero-order chi connectivity index (χ0) is 21.5. The van der Waals surface area contributed by atoms with Crippen molar-refractivity contribution in [3.8, 4) is 0 Å². The summed E-state index contributed by atoms with van der Waals surface area (Å²) in [6, 6.07) is 10.3. The number of aryl methyl sites for hydroxylation is 1. The quantitative estimate of drug-likeness (QED) is 0.626. The third kappa shape index (κ3) is 3.57. The summed E-state index contributed by atoms with van der Waals surface area (Å²) in [7, 11) is -3.69. The van der Waals surface area contributed by atoms with Crippen LogP contribution in [0.15, 0.2) is 63.3 Å². The topological polar surface area (TPSA) is 119 Å². The number of carbonyl (C=O) groups is 1. The molecule has 0 spiro atoms. The zero-order valence-electron chi connectivity index (χ0n) is 16.2. The summed E-state index contributed by atoms with van der Waals surface area (Å²) in [4.78, 5) is 33.3. The highest BCUT2D eigenvalue weighted by molar-refractivity contribution is 7.90. The van der Waals surface area contributed by atoms with Gasteiger partial charge >= 0.3 is 5.97 Å². The minimum absolute atomic E-state index is 0.0905. The average molecular weight is 426 g/mol. The summed E-state index contributed by atoms with van der Waals surface area (Å²) in [5.41, 5.74) is 1.74. The number of carbonyl (C=O) groups excluding carboxylic acids is 1. The summed E-state index contributed by atoms with van der Waals surface area (Å²) in [5, 5.41) is 0. The van der Waals surface area contributed by atoms with Crippen molar-refractivity contribution < 1.29 is 17.9 Å². The van der Waals surface area contributed by atoms with Crippen molar-refractivity contribution >= 4 is 27.5 Å². The number of amidine groups is 1. The van der Waals surface area contributed by atoms with Gasteiger partial charge in [-0.25, -0.2) is 18.2 Å². The number of benzene rings is 1. The highest BCUT2D eigenvalue weighted by atomic mass is 32.2. The van der Waals surface area contributed by atoms with Gasteiger partial charge in [0.15, 0.2) is 0 Å². The van der Waals surface area contributed by atoms with E-state index in [-0.39, 0.29) is 22.9 Å². The van der Waals surface area contributed by atoms with Crippen molar-refractivity contribution in [2.75, 3.05) is 0 Å². The van der Waals surface area contributed by atoms with Crippen LogP contribution >= 0.6 is 0 Å². The minimum atomic E-state index is -3.69. The number of aliphatic imine (C=N–C) groups is 1. The van der Waals surface area contributed by atoms with Gasteiger partial charge in [-0.15, -0.1) is 0 Å². The van der Waals surface area contributed by atoms with Crippen LogP contribution < -0.4 is 10.3 Å².